The molecule has 0 bridgehead atoms. The van der Waals surface area contributed by atoms with Crippen LogP contribution in [0.1, 0.15) is 31.2 Å². The molecule has 1 aliphatic carbocycles. The van der Waals surface area contributed by atoms with Gasteiger partial charge in [0.2, 0.25) is 0 Å². The molecule has 0 spiro atoms. The number of methoxy groups -OCH3 is 1. The third-order valence-corrected chi connectivity index (χ3v) is 4.14. The molecule has 0 radical (unpaired) electrons. The summed E-state index contributed by atoms with van der Waals surface area (Å²) in [7, 11) is 1.72. The van der Waals surface area contributed by atoms with E-state index in [0.717, 1.165) is 24.0 Å². The van der Waals surface area contributed by atoms with E-state index in [-0.39, 0.29) is 5.54 Å². The molecule has 1 aliphatic rings. The van der Waals surface area contributed by atoms with Gasteiger partial charge >= 0.3 is 0 Å². The third kappa shape index (κ3) is 1.68. The average Bonchev–Trinajstić information content (AvgIpc) is 2.85. The van der Waals surface area contributed by atoms with Crippen molar-refractivity contribution < 1.29 is 4.74 Å². The van der Waals surface area contributed by atoms with Gasteiger partial charge in [0.15, 0.2) is 0 Å². The zero-order chi connectivity index (χ0) is 12.6. The molecular weight excluding hydrogens is 222 g/mol. The fourth-order valence-corrected chi connectivity index (χ4v) is 3.16. The first-order chi connectivity index (χ1) is 8.74. The van der Waals surface area contributed by atoms with Crippen LogP contribution in [-0.2, 0) is 5.54 Å². The highest BCUT2D eigenvalue weighted by Crippen LogP contribution is 2.41. The zero-order valence-electron chi connectivity index (χ0n) is 10.8. The predicted molar refractivity (Wildman–Crippen MR) is 74.8 cm³/mol. The van der Waals surface area contributed by atoms with Crippen LogP contribution in [0.4, 0.5) is 0 Å². The predicted octanol–water partition coefficient (Wildman–Crippen LogP) is 3.58. The molecule has 0 heterocycles. The van der Waals surface area contributed by atoms with Crippen molar-refractivity contribution in [2.24, 2.45) is 5.73 Å². The van der Waals surface area contributed by atoms with Gasteiger partial charge in [-0.2, -0.15) is 0 Å². The average molecular weight is 241 g/mol. The molecule has 0 aromatic heterocycles. The molecule has 94 valence electrons. The number of hydrogen-bond donors (Lipinski definition) is 1. The molecule has 2 nitrogen and oxygen atoms in total. The number of ether oxygens (including phenoxy) is 1. The van der Waals surface area contributed by atoms with Crippen LogP contribution in [0.3, 0.4) is 0 Å². The van der Waals surface area contributed by atoms with Crippen LogP contribution in [-0.4, -0.2) is 7.11 Å². The van der Waals surface area contributed by atoms with E-state index < -0.39 is 0 Å². The molecule has 0 amide bonds. The van der Waals surface area contributed by atoms with Crippen molar-refractivity contribution in [2.75, 3.05) is 7.11 Å². The van der Waals surface area contributed by atoms with Gasteiger partial charge in [-0.05, 0) is 29.9 Å². The molecule has 2 aromatic rings. The van der Waals surface area contributed by atoms with Crippen molar-refractivity contribution in [1.29, 1.82) is 0 Å². The van der Waals surface area contributed by atoms with Crippen molar-refractivity contribution >= 4 is 10.8 Å². The van der Waals surface area contributed by atoms with Gasteiger partial charge in [-0.1, -0.05) is 43.2 Å². The summed E-state index contributed by atoms with van der Waals surface area (Å²) in [5.74, 6) is 0.927. The quantitative estimate of drug-likeness (QED) is 0.872. The lowest BCUT2D eigenvalue weighted by Crippen LogP contribution is -2.33. The van der Waals surface area contributed by atoms with E-state index in [1.165, 1.54) is 23.8 Å². The Balaban J connectivity index is 2.25. The lowest BCUT2D eigenvalue weighted by atomic mass is 9.85. The Morgan fingerprint density at radius 2 is 1.67 bits per heavy atom. The van der Waals surface area contributed by atoms with E-state index in [4.69, 9.17) is 10.5 Å². The first-order valence-electron chi connectivity index (χ1n) is 6.60. The molecule has 2 heteroatoms. The van der Waals surface area contributed by atoms with Crippen molar-refractivity contribution in [3.8, 4) is 5.75 Å². The number of rotatable bonds is 2. The van der Waals surface area contributed by atoms with Crippen LogP contribution < -0.4 is 10.5 Å². The highest BCUT2D eigenvalue weighted by molar-refractivity contribution is 5.91. The minimum Gasteiger partial charge on any atom is -0.496 e. The highest BCUT2D eigenvalue weighted by Gasteiger charge is 2.32. The van der Waals surface area contributed by atoms with Gasteiger partial charge in [0.05, 0.1) is 7.11 Å². The van der Waals surface area contributed by atoms with Crippen LogP contribution in [0, 0.1) is 0 Å². The van der Waals surface area contributed by atoms with Gasteiger partial charge < -0.3 is 10.5 Å². The smallest absolute Gasteiger partial charge is 0.126 e. The van der Waals surface area contributed by atoms with Crippen LogP contribution in [0.5, 0.6) is 5.75 Å². The van der Waals surface area contributed by atoms with Crippen LogP contribution in [0.15, 0.2) is 36.4 Å². The van der Waals surface area contributed by atoms with Crippen molar-refractivity contribution in [3.05, 3.63) is 42.0 Å². The number of hydrogen-bond acceptors (Lipinski definition) is 2. The van der Waals surface area contributed by atoms with E-state index in [2.05, 4.69) is 24.3 Å². The molecule has 0 unspecified atom stereocenters. The molecular formula is C16H19NO. The summed E-state index contributed by atoms with van der Waals surface area (Å²) >= 11 is 0. The standard InChI is InChI=1S/C16H19NO/c1-18-15-9-8-14(16(17)10-4-5-11-16)12-6-2-3-7-13(12)15/h2-3,6-9H,4-5,10-11,17H2,1H3. The minimum atomic E-state index is -0.147. The summed E-state index contributed by atoms with van der Waals surface area (Å²) in [6.07, 6.45) is 4.64. The maximum Gasteiger partial charge on any atom is 0.126 e. The molecule has 18 heavy (non-hydrogen) atoms. The van der Waals surface area contributed by atoms with E-state index in [9.17, 15) is 0 Å². The molecule has 2 aromatic carbocycles. The molecule has 0 aliphatic heterocycles. The summed E-state index contributed by atoms with van der Waals surface area (Å²) in [5.41, 5.74) is 7.72. The normalized spacial score (nSPS) is 18.1. The molecule has 1 saturated carbocycles. The molecule has 0 saturated heterocycles. The Morgan fingerprint density at radius 1 is 1.00 bits per heavy atom. The Hall–Kier alpha value is -1.54. The Bertz CT molecular complexity index is 570. The topological polar surface area (TPSA) is 35.2 Å². The summed E-state index contributed by atoms with van der Waals surface area (Å²) in [4.78, 5) is 0. The van der Waals surface area contributed by atoms with Crippen molar-refractivity contribution in [3.63, 3.8) is 0 Å². The Kier molecular flexibility index (Phi) is 2.75. The SMILES string of the molecule is COc1ccc(C2(N)CCCC2)c2ccccc12. The fraction of sp³-hybridized carbons (Fsp3) is 0.375. The van der Waals surface area contributed by atoms with Crippen LogP contribution in [0.2, 0.25) is 0 Å². The number of nitrogens with two attached hydrogens (primary N) is 1. The summed E-state index contributed by atoms with van der Waals surface area (Å²) in [6, 6.07) is 12.6. The lowest BCUT2D eigenvalue weighted by Gasteiger charge is -2.26. The van der Waals surface area contributed by atoms with Gasteiger partial charge in [0.25, 0.3) is 0 Å². The maximum atomic E-state index is 6.60. The molecule has 3 rings (SSSR count). The summed E-state index contributed by atoms with van der Waals surface area (Å²) in [6.45, 7) is 0. The summed E-state index contributed by atoms with van der Waals surface area (Å²) in [5, 5.41) is 2.40. The second-order valence-electron chi connectivity index (χ2n) is 5.22. The first-order valence-corrected chi connectivity index (χ1v) is 6.60. The third-order valence-electron chi connectivity index (χ3n) is 4.14. The molecule has 2 N–H and O–H groups in total. The van der Waals surface area contributed by atoms with Gasteiger partial charge in [0, 0.05) is 10.9 Å². The van der Waals surface area contributed by atoms with E-state index in [0.29, 0.717) is 0 Å². The maximum absolute atomic E-state index is 6.60. The van der Waals surface area contributed by atoms with E-state index in [1.807, 2.05) is 12.1 Å². The zero-order valence-corrected chi connectivity index (χ0v) is 10.8. The van der Waals surface area contributed by atoms with E-state index >= 15 is 0 Å². The highest BCUT2D eigenvalue weighted by atomic mass is 16.5. The van der Waals surface area contributed by atoms with Gasteiger partial charge in [-0.25, -0.2) is 0 Å². The monoisotopic (exact) mass is 241 g/mol. The molecule has 1 fully saturated rings. The Morgan fingerprint density at radius 3 is 2.33 bits per heavy atom. The number of fused-ring (bicyclic) bond motifs is 1. The second kappa shape index (κ2) is 4.29. The van der Waals surface area contributed by atoms with Crippen LogP contribution in [0.25, 0.3) is 10.8 Å². The fourth-order valence-electron chi connectivity index (χ4n) is 3.16. The minimum absolute atomic E-state index is 0.147. The lowest BCUT2D eigenvalue weighted by molar-refractivity contribution is 0.418. The summed E-state index contributed by atoms with van der Waals surface area (Å²) < 4.78 is 5.44. The number of benzene rings is 2. The van der Waals surface area contributed by atoms with Crippen molar-refractivity contribution in [1.82, 2.24) is 0 Å². The van der Waals surface area contributed by atoms with Gasteiger partial charge in [-0.15, -0.1) is 0 Å². The first kappa shape index (κ1) is 11.5. The van der Waals surface area contributed by atoms with Gasteiger partial charge in [-0.3, -0.25) is 0 Å². The second-order valence-corrected chi connectivity index (χ2v) is 5.22. The van der Waals surface area contributed by atoms with E-state index in [1.54, 1.807) is 7.11 Å². The van der Waals surface area contributed by atoms with Gasteiger partial charge in [0.1, 0.15) is 5.75 Å². The Labute approximate surface area is 108 Å². The largest absolute Gasteiger partial charge is 0.496 e. The molecule has 0 atom stereocenters. The van der Waals surface area contributed by atoms with Crippen LogP contribution >= 0.6 is 0 Å². The van der Waals surface area contributed by atoms with Crippen molar-refractivity contribution in [2.45, 2.75) is 31.2 Å².